The average molecular weight is 855 g/mol. The number of hydrogen-bond donors (Lipinski definition) is 0. The van der Waals surface area contributed by atoms with E-state index in [4.69, 9.17) is 9.97 Å². The summed E-state index contributed by atoms with van der Waals surface area (Å²) in [5.74, 6) is 0.642. The molecule has 4 nitrogen and oxygen atoms in total. The van der Waals surface area contributed by atoms with Gasteiger partial charge in [-0.3, -0.25) is 4.57 Å². The van der Waals surface area contributed by atoms with Crippen molar-refractivity contribution in [1.82, 2.24) is 19.1 Å². The topological polar surface area (TPSA) is 35.6 Å². The van der Waals surface area contributed by atoms with Crippen molar-refractivity contribution in [2.75, 3.05) is 0 Å². The Bertz CT molecular complexity index is 4170. The standard InChI is InChI=1S/C63H42N4/c1-63(2)53-23-11-8-19-47(53)48-33-29-43(36-54(48)63)46-22-14-26-57-60(46)52-35-41-17-6-7-18-42(41)37-59(52)67(57)62-64-55-24-12-9-21-51(55)61(65-62)44-30-34-50-49-20-10-13-25-56(49)66(58(50)38-44)45-31-27-40(28-32-45)39-15-4-3-5-16-39/h3-38H,1-2H3. The van der Waals surface area contributed by atoms with Gasteiger partial charge in [-0.25, -0.2) is 9.97 Å². The molecule has 3 heterocycles. The van der Waals surface area contributed by atoms with Gasteiger partial charge in [0, 0.05) is 43.6 Å². The lowest BCUT2D eigenvalue weighted by Crippen LogP contribution is -2.14. The van der Waals surface area contributed by atoms with Gasteiger partial charge in [0.15, 0.2) is 0 Å². The van der Waals surface area contributed by atoms with E-state index in [0.29, 0.717) is 5.95 Å². The van der Waals surface area contributed by atoms with Gasteiger partial charge in [0.25, 0.3) is 0 Å². The van der Waals surface area contributed by atoms with Crippen LogP contribution in [-0.2, 0) is 5.41 Å². The molecule has 0 aliphatic heterocycles. The Morgan fingerprint density at radius 3 is 1.85 bits per heavy atom. The van der Waals surface area contributed by atoms with Gasteiger partial charge in [0.05, 0.1) is 33.3 Å². The second-order valence-corrected chi connectivity index (χ2v) is 18.6. The van der Waals surface area contributed by atoms with E-state index >= 15 is 0 Å². The van der Waals surface area contributed by atoms with Gasteiger partial charge in [-0.2, -0.15) is 0 Å². The zero-order valence-corrected chi connectivity index (χ0v) is 37.1. The highest BCUT2D eigenvalue weighted by molar-refractivity contribution is 6.19. The molecule has 13 aromatic rings. The molecule has 0 unspecified atom stereocenters. The van der Waals surface area contributed by atoms with Gasteiger partial charge >= 0.3 is 0 Å². The summed E-state index contributed by atoms with van der Waals surface area (Å²) < 4.78 is 4.69. The molecule has 4 heteroatoms. The van der Waals surface area contributed by atoms with Crippen molar-refractivity contribution in [2.45, 2.75) is 19.3 Å². The van der Waals surface area contributed by atoms with Crippen LogP contribution in [-0.4, -0.2) is 19.1 Å². The van der Waals surface area contributed by atoms with Gasteiger partial charge < -0.3 is 4.57 Å². The second kappa shape index (κ2) is 14.2. The van der Waals surface area contributed by atoms with Gasteiger partial charge in [0.2, 0.25) is 5.95 Å². The molecule has 67 heavy (non-hydrogen) atoms. The summed E-state index contributed by atoms with van der Waals surface area (Å²) in [6.45, 7) is 4.71. The van der Waals surface area contributed by atoms with Crippen molar-refractivity contribution in [3.63, 3.8) is 0 Å². The van der Waals surface area contributed by atoms with Gasteiger partial charge in [-0.15, -0.1) is 0 Å². The zero-order chi connectivity index (χ0) is 44.4. The first kappa shape index (κ1) is 37.7. The fourth-order valence-electron chi connectivity index (χ4n) is 11.3. The third-order valence-corrected chi connectivity index (χ3v) is 14.5. The van der Waals surface area contributed by atoms with E-state index in [9.17, 15) is 0 Å². The highest BCUT2D eigenvalue weighted by atomic mass is 15.2. The van der Waals surface area contributed by atoms with Crippen LogP contribution in [0.2, 0.25) is 0 Å². The van der Waals surface area contributed by atoms with Crippen molar-refractivity contribution in [2.24, 2.45) is 0 Å². The monoisotopic (exact) mass is 854 g/mol. The maximum Gasteiger partial charge on any atom is 0.235 e. The summed E-state index contributed by atoms with van der Waals surface area (Å²) in [5.41, 5.74) is 18.5. The minimum Gasteiger partial charge on any atom is -0.309 e. The molecule has 0 amide bonds. The van der Waals surface area contributed by atoms with Crippen LogP contribution in [0.4, 0.5) is 0 Å². The van der Waals surface area contributed by atoms with E-state index < -0.39 is 0 Å². The molecular weight excluding hydrogens is 813 g/mol. The number of nitrogens with zero attached hydrogens (tertiary/aromatic N) is 4. The summed E-state index contributed by atoms with van der Waals surface area (Å²) in [6.07, 6.45) is 0. The Morgan fingerprint density at radius 1 is 0.358 bits per heavy atom. The third-order valence-electron chi connectivity index (χ3n) is 14.5. The first-order valence-electron chi connectivity index (χ1n) is 23.2. The Kier molecular flexibility index (Phi) is 8.00. The molecular formula is C63H42N4. The van der Waals surface area contributed by atoms with E-state index in [0.717, 1.165) is 44.4 Å². The molecule has 0 spiro atoms. The largest absolute Gasteiger partial charge is 0.309 e. The number of hydrogen-bond acceptors (Lipinski definition) is 2. The maximum atomic E-state index is 5.64. The first-order valence-corrected chi connectivity index (χ1v) is 23.2. The van der Waals surface area contributed by atoms with E-state index in [2.05, 4.69) is 241 Å². The first-order chi connectivity index (χ1) is 33.0. The smallest absolute Gasteiger partial charge is 0.235 e. The number of para-hydroxylation sites is 2. The number of rotatable bonds is 5. The number of aromatic nitrogens is 4. The SMILES string of the molecule is CC1(C)c2ccccc2-c2ccc(-c3cccc4c3c3cc5ccccc5cc3n4-c3nc(-c4ccc5c6ccccc6n(-c6ccc(-c7ccccc7)cc6)c5c4)c4ccccc4n3)cc21. The van der Waals surface area contributed by atoms with Gasteiger partial charge in [-0.05, 0) is 110 Å². The lowest BCUT2D eigenvalue weighted by atomic mass is 9.81. The van der Waals surface area contributed by atoms with Crippen molar-refractivity contribution >= 4 is 65.3 Å². The molecule has 10 aromatic carbocycles. The second-order valence-electron chi connectivity index (χ2n) is 18.6. The Labute approximate surface area is 387 Å². The molecule has 1 aliphatic carbocycles. The lowest BCUT2D eigenvalue weighted by Gasteiger charge is -2.22. The molecule has 0 atom stereocenters. The minimum atomic E-state index is -0.111. The summed E-state index contributed by atoms with van der Waals surface area (Å²) in [7, 11) is 0. The van der Waals surface area contributed by atoms with Crippen LogP contribution in [0.15, 0.2) is 218 Å². The Balaban J connectivity index is 0.992. The molecule has 0 saturated carbocycles. The van der Waals surface area contributed by atoms with Crippen LogP contribution in [0, 0.1) is 0 Å². The molecule has 14 rings (SSSR count). The predicted octanol–water partition coefficient (Wildman–Crippen LogP) is 16.3. The molecule has 1 aliphatic rings. The maximum absolute atomic E-state index is 5.64. The highest BCUT2D eigenvalue weighted by Crippen LogP contribution is 2.50. The van der Waals surface area contributed by atoms with Crippen LogP contribution in [0.3, 0.4) is 0 Å². The summed E-state index contributed by atoms with van der Waals surface area (Å²) in [4.78, 5) is 11.1. The lowest BCUT2D eigenvalue weighted by molar-refractivity contribution is 0.660. The Hall–Kier alpha value is -8.60. The molecule has 314 valence electrons. The van der Waals surface area contributed by atoms with Crippen molar-refractivity contribution in [3.05, 3.63) is 230 Å². The molecule has 0 fully saturated rings. The molecule has 0 N–H and O–H groups in total. The van der Waals surface area contributed by atoms with Crippen LogP contribution in [0.5, 0.6) is 0 Å². The van der Waals surface area contributed by atoms with Crippen LogP contribution < -0.4 is 0 Å². The minimum absolute atomic E-state index is 0.111. The van der Waals surface area contributed by atoms with Crippen LogP contribution in [0.25, 0.3) is 122 Å². The molecule has 0 saturated heterocycles. The highest BCUT2D eigenvalue weighted by Gasteiger charge is 2.35. The normalized spacial score (nSPS) is 13.0. The van der Waals surface area contributed by atoms with E-state index in [-0.39, 0.29) is 5.41 Å². The van der Waals surface area contributed by atoms with Crippen LogP contribution >= 0.6 is 0 Å². The van der Waals surface area contributed by atoms with E-state index in [1.165, 1.54) is 82.3 Å². The molecule has 0 radical (unpaired) electrons. The predicted molar refractivity (Wildman–Crippen MR) is 280 cm³/mol. The number of fused-ring (bicyclic) bond motifs is 11. The van der Waals surface area contributed by atoms with Gasteiger partial charge in [-0.1, -0.05) is 178 Å². The fourth-order valence-corrected chi connectivity index (χ4v) is 11.3. The summed E-state index contributed by atoms with van der Waals surface area (Å²) in [5, 5.41) is 8.17. The van der Waals surface area contributed by atoms with Crippen LogP contribution in [0.1, 0.15) is 25.0 Å². The Morgan fingerprint density at radius 2 is 0.985 bits per heavy atom. The third kappa shape index (κ3) is 5.60. The van der Waals surface area contributed by atoms with E-state index in [1.807, 2.05) is 0 Å². The number of benzene rings is 10. The van der Waals surface area contributed by atoms with Crippen molar-refractivity contribution in [3.8, 4) is 56.3 Å². The summed E-state index contributed by atoms with van der Waals surface area (Å²) >= 11 is 0. The fraction of sp³-hybridized carbons (Fsp3) is 0.0476. The quantitative estimate of drug-likeness (QED) is 0.173. The zero-order valence-electron chi connectivity index (χ0n) is 37.1. The summed E-state index contributed by atoms with van der Waals surface area (Å²) in [6, 6.07) is 79.5. The van der Waals surface area contributed by atoms with Gasteiger partial charge in [0.1, 0.15) is 0 Å². The van der Waals surface area contributed by atoms with Crippen molar-refractivity contribution in [1.29, 1.82) is 0 Å². The van der Waals surface area contributed by atoms with E-state index in [1.54, 1.807) is 0 Å². The molecule has 3 aromatic heterocycles. The van der Waals surface area contributed by atoms with Crippen molar-refractivity contribution < 1.29 is 0 Å². The average Bonchev–Trinajstić information content (AvgIpc) is 3.97. The molecule has 0 bridgehead atoms.